The van der Waals surface area contributed by atoms with Crippen molar-refractivity contribution in [2.75, 3.05) is 11.9 Å². The van der Waals surface area contributed by atoms with Crippen molar-refractivity contribution in [3.63, 3.8) is 0 Å². The Hall–Kier alpha value is -3.21. The summed E-state index contributed by atoms with van der Waals surface area (Å²) in [6.45, 7) is 1.34. The summed E-state index contributed by atoms with van der Waals surface area (Å²) in [7, 11) is 0. The van der Waals surface area contributed by atoms with E-state index in [-0.39, 0.29) is 12.5 Å². The van der Waals surface area contributed by atoms with Crippen LogP contribution >= 0.6 is 0 Å². The van der Waals surface area contributed by atoms with Crippen LogP contribution in [0.3, 0.4) is 0 Å². The van der Waals surface area contributed by atoms with E-state index in [1.165, 1.54) is 24.4 Å². The van der Waals surface area contributed by atoms with Crippen molar-refractivity contribution in [1.82, 2.24) is 14.7 Å². The minimum atomic E-state index is -0.945. The van der Waals surface area contributed by atoms with Crippen LogP contribution in [0.4, 0.5) is 10.1 Å². The number of carbonyl (C=O) groups is 2. The second-order valence-corrected chi connectivity index (χ2v) is 7.67. The number of nitrogens with zero attached hydrogens (tertiary/aromatic N) is 4. The molecule has 0 bridgehead atoms. The number of aryl methyl sites for hydroxylation is 1. The summed E-state index contributed by atoms with van der Waals surface area (Å²) in [4.78, 5) is 27.6. The highest BCUT2D eigenvalue weighted by atomic mass is 19.1. The number of nitrogens with one attached hydrogen (secondary N) is 1. The molecule has 0 spiro atoms. The molecule has 0 saturated heterocycles. The Morgan fingerprint density at radius 1 is 1.21 bits per heavy atom. The zero-order valence-corrected chi connectivity index (χ0v) is 16.0. The van der Waals surface area contributed by atoms with Gasteiger partial charge in [0.25, 0.3) is 5.91 Å². The number of anilines is 1. The molecule has 8 heteroatoms. The lowest BCUT2D eigenvalue weighted by molar-refractivity contribution is -0.139. The number of rotatable bonds is 3. The molecule has 0 atom stereocenters. The first-order chi connectivity index (χ1) is 14.0. The van der Waals surface area contributed by atoms with Gasteiger partial charge in [-0.15, -0.1) is 0 Å². The first-order valence-electron chi connectivity index (χ1n) is 9.85. The predicted molar refractivity (Wildman–Crippen MR) is 103 cm³/mol. The molecule has 1 aromatic heterocycles. The average Bonchev–Trinajstić information content (AvgIpc) is 3.30. The van der Waals surface area contributed by atoms with Gasteiger partial charge in [-0.3, -0.25) is 14.3 Å². The molecule has 150 valence electrons. The molecule has 2 aliphatic rings. The van der Waals surface area contributed by atoms with Crippen LogP contribution in [0.2, 0.25) is 0 Å². The molecule has 2 amide bonds. The normalized spacial score (nSPS) is 17.9. The van der Waals surface area contributed by atoms with Crippen molar-refractivity contribution in [3.05, 3.63) is 47.5 Å². The molecule has 1 aliphatic heterocycles. The molecule has 2 heterocycles. The van der Waals surface area contributed by atoms with E-state index in [1.54, 1.807) is 15.6 Å². The lowest BCUT2D eigenvalue weighted by atomic mass is 9.86. The second kappa shape index (κ2) is 7.66. The molecule has 1 aliphatic carbocycles. The first-order valence-corrected chi connectivity index (χ1v) is 9.85. The van der Waals surface area contributed by atoms with E-state index >= 15 is 0 Å². The lowest BCUT2D eigenvalue weighted by Crippen LogP contribution is -2.42. The van der Waals surface area contributed by atoms with Gasteiger partial charge < -0.3 is 10.2 Å². The van der Waals surface area contributed by atoms with Gasteiger partial charge in [0, 0.05) is 18.8 Å². The van der Waals surface area contributed by atoms with Gasteiger partial charge in [0.05, 0.1) is 30.1 Å². The average molecular weight is 395 g/mol. The van der Waals surface area contributed by atoms with Crippen LogP contribution in [-0.2, 0) is 17.9 Å². The maximum absolute atomic E-state index is 13.4. The first kappa shape index (κ1) is 19.1. The Bertz CT molecular complexity index is 987. The van der Waals surface area contributed by atoms with E-state index in [0.29, 0.717) is 49.3 Å². The summed E-state index contributed by atoms with van der Waals surface area (Å²) < 4.78 is 15.1. The fraction of sp³-hybridized carbons (Fsp3) is 0.429. The third-order valence-corrected chi connectivity index (χ3v) is 5.78. The third-order valence-electron chi connectivity index (χ3n) is 5.78. The van der Waals surface area contributed by atoms with Crippen molar-refractivity contribution in [3.8, 4) is 6.07 Å². The third kappa shape index (κ3) is 3.60. The highest BCUT2D eigenvalue weighted by Gasteiger charge is 2.44. The molecular formula is C21H22FN5O2. The van der Waals surface area contributed by atoms with Crippen LogP contribution in [0.15, 0.2) is 30.5 Å². The van der Waals surface area contributed by atoms with Gasteiger partial charge in [-0.25, -0.2) is 4.39 Å². The Morgan fingerprint density at radius 3 is 2.72 bits per heavy atom. The summed E-state index contributed by atoms with van der Waals surface area (Å²) >= 11 is 0. The lowest BCUT2D eigenvalue weighted by Gasteiger charge is -2.28. The van der Waals surface area contributed by atoms with Crippen molar-refractivity contribution in [2.45, 2.75) is 45.2 Å². The molecule has 1 fully saturated rings. The number of hydrogen-bond donors (Lipinski definition) is 1. The van der Waals surface area contributed by atoms with Crippen LogP contribution in [0, 0.1) is 22.6 Å². The van der Waals surface area contributed by atoms with Gasteiger partial charge >= 0.3 is 0 Å². The molecule has 0 radical (unpaired) electrons. The topological polar surface area (TPSA) is 91.0 Å². The van der Waals surface area contributed by atoms with Crippen LogP contribution in [0.5, 0.6) is 0 Å². The van der Waals surface area contributed by atoms with E-state index < -0.39 is 17.1 Å². The summed E-state index contributed by atoms with van der Waals surface area (Å²) in [5, 5.41) is 16.7. The molecule has 7 nitrogen and oxygen atoms in total. The fourth-order valence-corrected chi connectivity index (χ4v) is 4.22. The molecule has 4 rings (SSSR count). The largest absolute Gasteiger partial charge is 0.335 e. The number of halogens is 1. The minimum absolute atomic E-state index is 0.149. The van der Waals surface area contributed by atoms with Gasteiger partial charge in [0.15, 0.2) is 0 Å². The number of aromatic nitrogens is 2. The Labute approximate surface area is 168 Å². The Kier molecular flexibility index (Phi) is 5.05. The van der Waals surface area contributed by atoms with Crippen molar-refractivity contribution in [2.24, 2.45) is 5.41 Å². The van der Waals surface area contributed by atoms with E-state index in [9.17, 15) is 19.2 Å². The Balaban J connectivity index is 1.57. The molecule has 2 aromatic rings. The van der Waals surface area contributed by atoms with Gasteiger partial charge in [0.1, 0.15) is 11.2 Å². The summed E-state index contributed by atoms with van der Waals surface area (Å²) in [6.07, 6.45) is 5.12. The zero-order chi connectivity index (χ0) is 20.4. The van der Waals surface area contributed by atoms with E-state index in [1.807, 2.05) is 0 Å². The van der Waals surface area contributed by atoms with E-state index in [0.717, 1.165) is 12.8 Å². The highest BCUT2D eigenvalue weighted by Crippen LogP contribution is 2.39. The number of fused-ring (bicyclic) bond motifs is 1. The maximum atomic E-state index is 13.4. The molecule has 1 aromatic carbocycles. The van der Waals surface area contributed by atoms with E-state index in [4.69, 9.17) is 0 Å². The van der Waals surface area contributed by atoms with Crippen LogP contribution in [0.25, 0.3) is 0 Å². The zero-order valence-electron chi connectivity index (χ0n) is 16.0. The highest BCUT2D eigenvalue weighted by molar-refractivity contribution is 6.05. The second-order valence-electron chi connectivity index (χ2n) is 7.67. The van der Waals surface area contributed by atoms with Gasteiger partial charge in [0.2, 0.25) is 5.91 Å². The number of nitriles is 1. The monoisotopic (exact) mass is 395 g/mol. The summed E-state index contributed by atoms with van der Waals surface area (Å²) in [5.74, 6) is -0.988. The van der Waals surface area contributed by atoms with Gasteiger partial charge in [-0.2, -0.15) is 10.4 Å². The smallest absolute Gasteiger partial charge is 0.259 e. The number of benzene rings is 1. The molecular weight excluding hydrogens is 373 g/mol. The molecule has 0 unspecified atom stereocenters. The number of hydrogen-bond acceptors (Lipinski definition) is 4. The van der Waals surface area contributed by atoms with Gasteiger partial charge in [-0.05, 0) is 37.5 Å². The quantitative estimate of drug-likeness (QED) is 0.865. The standard InChI is InChI=1S/C21H22FN5O2/c22-15-5-3-6-16(11-15)25-19(28)17-12-24-27-10-4-9-26(13-18(17)27)20(29)21(14-23)7-1-2-8-21/h3,5-6,11-12H,1-2,4,7-10,13H2,(H,25,28). The predicted octanol–water partition coefficient (Wildman–Crippen LogP) is 3.09. The number of amides is 2. The van der Waals surface area contributed by atoms with Crippen LogP contribution in [-0.4, -0.2) is 33.0 Å². The van der Waals surface area contributed by atoms with Gasteiger partial charge in [-0.1, -0.05) is 18.9 Å². The van der Waals surface area contributed by atoms with Crippen LogP contribution < -0.4 is 5.32 Å². The summed E-state index contributed by atoms with van der Waals surface area (Å²) in [5.41, 5.74) is 0.396. The fourth-order valence-electron chi connectivity index (χ4n) is 4.22. The molecule has 1 N–H and O–H groups in total. The van der Waals surface area contributed by atoms with Crippen molar-refractivity contribution in [1.29, 1.82) is 5.26 Å². The summed E-state index contributed by atoms with van der Waals surface area (Å²) in [6, 6.07) is 7.93. The van der Waals surface area contributed by atoms with E-state index in [2.05, 4.69) is 16.5 Å². The molecule has 1 saturated carbocycles. The van der Waals surface area contributed by atoms with Crippen molar-refractivity contribution >= 4 is 17.5 Å². The number of carbonyl (C=O) groups excluding carboxylic acids is 2. The van der Waals surface area contributed by atoms with Crippen molar-refractivity contribution < 1.29 is 14.0 Å². The maximum Gasteiger partial charge on any atom is 0.259 e. The SMILES string of the molecule is N#CC1(C(=O)N2CCCn3ncc(C(=O)Nc4cccc(F)c4)c3C2)CCCC1. The minimum Gasteiger partial charge on any atom is -0.335 e. The molecule has 29 heavy (non-hydrogen) atoms. The van der Waals surface area contributed by atoms with Crippen LogP contribution in [0.1, 0.15) is 48.2 Å². The Morgan fingerprint density at radius 2 is 2.00 bits per heavy atom.